The van der Waals surface area contributed by atoms with Crippen molar-refractivity contribution in [1.29, 1.82) is 0 Å². The van der Waals surface area contributed by atoms with Gasteiger partial charge in [-0.15, -0.1) is 0 Å². The molecular formula is C17H19N3O6. The summed E-state index contributed by atoms with van der Waals surface area (Å²) in [5.41, 5.74) is 0.0802. The number of carbonyl (C=O) groups is 2. The number of amides is 2. The highest BCUT2D eigenvalue weighted by Gasteiger charge is 2.21. The zero-order valence-electron chi connectivity index (χ0n) is 14.4. The minimum Gasteiger partial charge on any atom is -0.484 e. The Bertz CT molecular complexity index is 804. The molecule has 0 saturated heterocycles. The molecule has 1 aromatic heterocycles. The average Bonchev–Trinajstić information content (AvgIpc) is 3.32. The van der Waals surface area contributed by atoms with Crippen LogP contribution in [0.2, 0.25) is 0 Å². The van der Waals surface area contributed by atoms with Crippen molar-refractivity contribution in [2.24, 2.45) is 0 Å². The summed E-state index contributed by atoms with van der Waals surface area (Å²) in [6, 6.07) is 4.56. The molecule has 26 heavy (non-hydrogen) atoms. The molecule has 3 rings (SSSR count). The van der Waals surface area contributed by atoms with Gasteiger partial charge in [-0.3, -0.25) is 9.59 Å². The zero-order chi connectivity index (χ0) is 18.5. The number of ether oxygens (including phenoxy) is 3. The zero-order valence-corrected chi connectivity index (χ0v) is 14.4. The molecular weight excluding hydrogens is 342 g/mol. The number of nitrogens with one attached hydrogen (secondary N) is 2. The van der Waals surface area contributed by atoms with E-state index in [0.29, 0.717) is 23.7 Å². The van der Waals surface area contributed by atoms with Crippen molar-refractivity contribution in [2.75, 3.05) is 13.8 Å². The van der Waals surface area contributed by atoms with Crippen LogP contribution < -0.4 is 24.8 Å². The number of benzene rings is 1. The lowest BCUT2D eigenvalue weighted by molar-refractivity contribution is -0.122. The highest BCUT2D eigenvalue weighted by atomic mass is 16.7. The van der Waals surface area contributed by atoms with Gasteiger partial charge in [0.05, 0.1) is 0 Å². The van der Waals surface area contributed by atoms with Gasteiger partial charge in [0.1, 0.15) is 18.1 Å². The van der Waals surface area contributed by atoms with Gasteiger partial charge in [0, 0.05) is 13.1 Å². The van der Waals surface area contributed by atoms with Gasteiger partial charge in [-0.25, -0.2) is 4.98 Å². The van der Waals surface area contributed by atoms with Gasteiger partial charge in [-0.05, 0) is 18.6 Å². The van der Waals surface area contributed by atoms with Crippen LogP contribution in [-0.2, 0) is 11.4 Å². The first-order valence-corrected chi connectivity index (χ1v) is 8.10. The number of likely N-dealkylation sites (N-methyl/N-ethyl adjacent to an activating group) is 1. The molecule has 138 valence electrons. The van der Waals surface area contributed by atoms with Gasteiger partial charge in [0.15, 0.2) is 23.8 Å². The van der Waals surface area contributed by atoms with Crippen LogP contribution in [0.15, 0.2) is 28.9 Å². The molecule has 0 bridgehead atoms. The molecule has 0 aliphatic carbocycles. The summed E-state index contributed by atoms with van der Waals surface area (Å²) in [5.74, 6) is 1.31. The van der Waals surface area contributed by atoms with Crippen LogP contribution in [0.3, 0.4) is 0 Å². The second kappa shape index (κ2) is 7.77. The number of rotatable bonds is 7. The monoisotopic (exact) mass is 361 g/mol. The normalized spacial score (nSPS) is 13.2. The van der Waals surface area contributed by atoms with E-state index in [1.54, 1.807) is 25.1 Å². The molecule has 0 fully saturated rings. The lowest BCUT2D eigenvalue weighted by Crippen LogP contribution is -2.45. The number of carbonyl (C=O) groups excluding carboxylic acids is 2. The van der Waals surface area contributed by atoms with E-state index in [1.165, 1.54) is 13.3 Å². The minimum atomic E-state index is -0.627. The average molecular weight is 361 g/mol. The molecule has 1 aliphatic rings. The van der Waals surface area contributed by atoms with E-state index >= 15 is 0 Å². The highest BCUT2D eigenvalue weighted by Crippen LogP contribution is 2.35. The molecule has 1 aromatic carbocycles. The Balaban J connectivity index is 1.57. The topological polar surface area (TPSA) is 112 Å². The number of fused-ring (bicyclic) bond motifs is 1. The van der Waals surface area contributed by atoms with Crippen LogP contribution in [0.5, 0.6) is 17.2 Å². The predicted octanol–water partition coefficient (Wildman–Crippen LogP) is 1.24. The van der Waals surface area contributed by atoms with Crippen LogP contribution in [0.4, 0.5) is 0 Å². The Labute approximate surface area is 149 Å². The van der Waals surface area contributed by atoms with Gasteiger partial charge >= 0.3 is 0 Å². The summed E-state index contributed by atoms with van der Waals surface area (Å²) in [7, 11) is 1.51. The molecule has 0 spiro atoms. The second-order valence-corrected chi connectivity index (χ2v) is 5.48. The summed E-state index contributed by atoms with van der Waals surface area (Å²) in [4.78, 5) is 27.9. The van der Waals surface area contributed by atoms with Crippen molar-refractivity contribution in [3.8, 4) is 17.2 Å². The minimum absolute atomic E-state index is 0.0412. The fourth-order valence-corrected chi connectivity index (χ4v) is 2.35. The number of hydrogen-bond acceptors (Lipinski definition) is 7. The molecule has 2 aromatic rings. The third-order valence-electron chi connectivity index (χ3n) is 3.77. The first kappa shape index (κ1) is 17.6. The maximum Gasteiger partial charge on any atom is 0.273 e. The van der Waals surface area contributed by atoms with Gasteiger partial charge in [0.2, 0.25) is 18.6 Å². The summed E-state index contributed by atoms with van der Waals surface area (Å²) in [6.45, 7) is 2.03. The molecule has 2 heterocycles. The summed E-state index contributed by atoms with van der Waals surface area (Å²) >= 11 is 0. The van der Waals surface area contributed by atoms with E-state index in [-0.39, 0.29) is 30.9 Å². The predicted molar refractivity (Wildman–Crippen MR) is 89.0 cm³/mol. The van der Waals surface area contributed by atoms with Crippen LogP contribution >= 0.6 is 0 Å². The van der Waals surface area contributed by atoms with Gasteiger partial charge in [-0.2, -0.15) is 0 Å². The van der Waals surface area contributed by atoms with Crippen molar-refractivity contribution < 1.29 is 28.2 Å². The first-order chi connectivity index (χ1) is 12.6. The number of hydrogen-bond donors (Lipinski definition) is 2. The Morgan fingerprint density at radius 2 is 2.12 bits per heavy atom. The van der Waals surface area contributed by atoms with Crippen molar-refractivity contribution in [2.45, 2.75) is 26.0 Å². The molecule has 0 unspecified atom stereocenters. The Hall–Kier alpha value is -3.23. The van der Waals surface area contributed by atoms with E-state index in [2.05, 4.69) is 15.6 Å². The number of aromatic nitrogens is 1. The van der Waals surface area contributed by atoms with Crippen LogP contribution in [0, 0.1) is 0 Å². The van der Waals surface area contributed by atoms with Crippen molar-refractivity contribution in [3.05, 3.63) is 36.0 Å². The molecule has 9 heteroatoms. The quantitative estimate of drug-likeness (QED) is 0.763. The standard InChI is InChI=1S/C17H19N3O6/c1-3-11(16(21)18-2)20-17(22)12-7-24-15(19-12)8-23-10-4-5-13-14(6-10)26-9-25-13/h4-7,11H,3,8-9H2,1-2H3,(H,18,21)(H,20,22)/t11-/m1/s1. The van der Waals surface area contributed by atoms with Crippen molar-refractivity contribution >= 4 is 11.8 Å². The third kappa shape index (κ3) is 3.88. The Morgan fingerprint density at radius 3 is 2.88 bits per heavy atom. The lowest BCUT2D eigenvalue weighted by atomic mass is 10.2. The van der Waals surface area contributed by atoms with E-state index in [9.17, 15) is 9.59 Å². The number of nitrogens with zero attached hydrogens (tertiary/aromatic N) is 1. The molecule has 1 aliphatic heterocycles. The molecule has 1 atom stereocenters. The maximum atomic E-state index is 12.2. The van der Waals surface area contributed by atoms with Crippen LogP contribution in [-0.4, -0.2) is 36.7 Å². The van der Waals surface area contributed by atoms with Crippen LogP contribution in [0.25, 0.3) is 0 Å². The fourth-order valence-electron chi connectivity index (χ4n) is 2.35. The molecule has 2 N–H and O–H groups in total. The van der Waals surface area contributed by atoms with E-state index in [1.807, 2.05) is 0 Å². The smallest absolute Gasteiger partial charge is 0.273 e. The van der Waals surface area contributed by atoms with E-state index < -0.39 is 11.9 Å². The van der Waals surface area contributed by atoms with Gasteiger partial charge < -0.3 is 29.3 Å². The lowest BCUT2D eigenvalue weighted by Gasteiger charge is -2.13. The molecule has 0 saturated carbocycles. The summed E-state index contributed by atoms with van der Waals surface area (Å²) in [5, 5.41) is 5.10. The molecule has 9 nitrogen and oxygen atoms in total. The van der Waals surface area contributed by atoms with Crippen LogP contribution in [0.1, 0.15) is 29.7 Å². The van der Waals surface area contributed by atoms with Crippen molar-refractivity contribution in [1.82, 2.24) is 15.6 Å². The van der Waals surface area contributed by atoms with E-state index in [0.717, 1.165) is 0 Å². The largest absolute Gasteiger partial charge is 0.484 e. The van der Waals surface area contributed by atoms with Crippen molar-refractivity contribution in [3.63, 3.8) is 0 Å². The Kier molecular flexibility index (Phi) is 5.26. The number of oxazole rings is 1. The first-order valence-electron chi connectivity index (χ1n) is 8.10. The summed E-state index contributed by atoms with van der Waals surface area (Å²) in [6.07, 6.45) is 1.69. The molecule has 2 amide bonds. The Morgan fingerprint density at radius 1 is 1.31 bits per heavy atom. The second-order valence-electron chi connectivity index (χ2n) is 5.48. The summed E-state index contributed by atoms with van der Waals surface area (Å²) < 4.78 is 21.3. The molecule has 0 radical (unpaired) electrons. The van der Waals surface area contributed by atoms with Gasteiger partial charge in [-0.1, -0.05) is 6.92 Å². The highest BCUT2D eigenvalue weighted by molar-refractivity contribution is 5.95. The SMILES string of the molecule is CC[C@@H](NC(=O)c1coc(COc2ccc3c(c2)OCO3)n1)C(=O)NC. The maximum absolute atomic E-state index is 12.2. The van der Waals surface area contributed by atoms with Gasteiger partial charge in [0.25, 0.3) is 5.91 Å². The third-order valence-corrected chi connectivity index (χ3v) is 3.77. The van der Waals surface area contributed by atoms with E-state index in [4.69, 9.17) is 18.6 Å². The fraction of sp³-hybridized carbons (Fsp3) is 0.353.